The first kappa shape index (κ1) is 11.0. The van der Waals surface area contributed by atoms with Gasteiger partial charge in [0, 0.05) is 0 Å². The van der Waals surface area contributed by atoms with E-state index in [2.05, 4.69) is 35.0 Å². The van der Waals surface area contributed by atoms with E-state index in [-0.39, 0.29) is 6.10 Å². The molecule has 2 heteroatoms. The fourth-order valence-corrected chi connectivity index (χ4v) is 3.41. The van der Waals surface area contributed by atoms with Crippen molar-refractivity contribution in [3.8, 4) is 0 Å². The van der Waals surface area contributed by atoms with Crippen LogP contribution in [0.5, 0.6) is 0 Å². The molecule has 3 rings (SSSR count). The van der Waals surface area contributed by atoms with E-state index in [4.69, 9.17) is 0 Å². The second-order valence-corrected chi connectivity index (χ2v) is 5.56. The normalized spacial score (nSPS) is 23.4. The Balaban J connectivity index is 1.82. The highest BCUT2D eigenvalue weighted by Gasteiger charge is 2.27. The lowest BCUT2D eigenvalue weighted by Gasteiger charge is -2.29. The molecule has 2 aromatic rings. The van der Waals surface area contributed by atoms with E-state index >= 15 is 0 Å². The first-order valence-corrected chi connectivity index (χ1v) is 7.06. The molecule has 2 atom stereocenters. The van der Waals surface area contributed by atoms with Gasteiger partial charge in [0.05, 0.1) is 6.10 Å². The summed E-state index contributed by atoms with van der Waals surface area (Å²) in [6.07, 6.45) is 2.90. The second-order valence-electron chi connectivity index (χ2n) is 4.78. The fraction of sp³-hybridized carbons (Fsp3) is 0.333. The summed E-state index contributed by atoms with van der Waals surface area (Å²) >= 11 is 1.73. The van der Waals surface area contributed by atoms with Gasteiger partial charge in [-0.25, -0.2) is 0 Å². The van der Waals surface area contributed by atoms with Crippen molar-refractivity contribution in [2.75, 3.05) is 0 Å². The molecule has 0 saturated carbocycles. The van der Waals surface area contributed by atoms with Crippen LogP contribution >= 0.6 is 11.3 Å². The number of aryl methyl sites for hydroxylation is 1. The van der Waals surface area contributed by atoms with Crippen molar-refractivity contribution in [1.29, 1.82) is 0 Å². The summed E-state index contributed by atoms with van der Waals surface area (Å²) < 4.78 is 0. The van der Waals surface area contributed by atoms with Crippen LogP contribution in [0.25, 0.3) is 0 Å². The Morgan fingerprint density at radius 2 is 2.12 bits per heavy atom. The van der Waals surface area contributed by atoms with Crippen molar-refractivity contribution < 1.29 is 5.11 Å². The van der Waals surface area contributed by atoms with Gasteiger partial charge in [-0.05, 0) is 58.7 Å². The van der Waals surface area contributed by atoms with Crippen LogP contribution in [0.4, 0.5) is 0 Å². The molecule has 0 saturated heterocycles. The van der Waals surface area contributed by atoms with Crippen LogP contribution in [0.2, 0.25) is 0 Å². The average Bonchev–Trinajstić information content (AvgIpc) is 2.86. The topological polar surface area (TPSA) is 20.2 Å². The molecule has 17 heavy (non-hydrogen) atoms. The quantitative estimate of drug-likeness (QED) is 0.856. The maximum atomic E-state index is 10.4. The van der Waals surface area contributed by atoms with Gasteiger partial charge in [0.2, 0.25) is 0 Å². The first-order valence-electron chi connectivity index (χ1n) is 6.11. The minimum absolute atomic E-state index is 0.292. The Kier molecular flexibility index (Phi) is 3.00. The SMILES string of the molecule is OC1c2ccccc2CCC1Cc1ccsc1. The molecule has 0 radical (unpaired) electrons. The number of aliphatic hydroxyl groups is 1. The zero-order chi connectivity index (χ0) is 11.7. The number of rotatable bonds is 2. The lowest BCUT2D eigenvalue weighted by Crippen LogP contribution is -2.22. The smallest absolute Gasteiger partial charge is 0.0824 e. The number of aliphatic hydroxyl groups excluding tert-OH is 1. The van der Waals surface area contributed by atoms with Crippen molar-refractivity contribution in [3.05, 3.63) is 57.8 Å². The third kappa shape index (κ3) is 2.15. The predicted octanol–water partition coefficient (Wildman–Crippen LogP) is 3.59. The Morgan fingerprint density at radius 3 is 2.94 bits per heavy atom. The summed E-state index contributed by atoms with van der Waals surface area (Å²) in [5, 5.41) is 14.7. The van der Waals surface area contributed by atoms with E-state index in [1.165, 1.54) is 11.1 Å². The van der Waals surface area contributed by atoms with Crippen LogP contribution in [-0.2, 0) is 12.8 Å². The summed E-state index contributed by atoms with van der Waals surface area (Å²) in [7, 11) is 0. The minimum Gasteiger partial charge on any atom is -0.388 e. The molecule has 0 aliphatic heterocycles. The van der Waals surface area contributed by atoms with Gasteiger partial charge >= 0.3 is 0 Å². The van der Waals surface area contributed by atoms with E-state index in [0.29, 0.717) is 5.92 Å². The molecule has 1 N–H and O–H groups in total. The van der Waals surface area contributed by atoms with Crippen molar-refractivity contribution in [1.82, 2.24) is 0 Å². The van der Waals surface area contributed by atoms with E-state index in [1.807, 2.05) is 6.07 Å². The third-order valence-corrected chi connectivity index (χ3v) is 4.41. The van der Waals surface area contributed by atoms with E-state index in [9.17, 15) is 5.11 Å². The van der Waals surface area contributed by atoms with Gasteiger partial charge in [-0.2, -0.15) is 11.3 Å². The van der Waals surface area contributed by atoms with Crippen LogP contribution in [0.3, 0.4) is 0 Å². The standard InChI is InChI=1S/C15H16OS/c16-15-13(9-11-7-8-17-10-11)6-5-12-3-1-2-4-14(12)15/h1-4,7-8,10,13,15-16H,5-6,9H2. The summed E-state index contributed by atoms with van der Waals surface area (Å²) in [6, 6.07) is 10.5. The minimum atomic E-state index is -0.292. The Hall–Kier alpha value is -1.12. The number of hydrogen-bond acceptors (Lipinski definition) is 2. The van der Waals surface area contributed by atoms with Gasteiger partial charge in [-0.15, -0.1) is 0 Å². The molecule has 1 aromatic heterocycles. The number of thiophene rings is 1. The predicted molar refractivity (Wildman–Crippen MR) is 71.2 cm³/mol. The average molecular weight is 244 g/mol. The molecule has 0 amide bonds. The van der Waals surface area contributed by atoms with Gasteiger partial charge in [-0.3, -0.25) is 0 Å². The first-order chi connectivity index (χ1) is 8.34. The molecule has 2 unspecified atom stereocenters. The summed E-state index contributed by atoms with van der Waals surface area (Å²) in [5.41, 5.74) is 3.82. The van der Waals surface area contributed by atoms with Crippen molar-refractivity contribution in [2.45, 2.75) is 25.4 Å². The Morgan fingerprint density at radius 1 is 1.24 bits per heavy atom. The van der Waals surface area contributed by atoms with E-state index in [0.717, 1.165) is 24.8 Å². The molecule has 0 bridgehead atoms. The van der Waals surface area contributed by atoms with Crippen molar-refractivity contribution >= 4 is 11.3 Å². The van der Waals surface area contributed by atoms with Crippen molar-refractivity contribution in [2.24, 2.45) is 5.92 Å². The number of hydrogen-bond donors (Lipinski definition) is 1. The molecular formula is C15H16OS. The van der Waals surface area contributed by atoms with Crippen LogP contribution < -0.4 is 0 Å². The van der Waals surface area contributed by atoms with Crippen LogP contribution in [0, 0.1) is 5.92 Å². The third-order valence-electron chi connectivity index (χ3n) is 3.68. The summed E-state index contributed by atoms with van der Waals surface area (Å²) in [4.78, 5) is 0. The largest absolute Gasteiger partial charge is 0.388 e. The molecule has 1 nitrogen and oxygen atoms in total. The van der Waals surface area contributed by atoms with Crippen LogP contribution in [0.15, 0.2) is 41.1 Å². The number of benzene rings is 1. The number of fused-ring (bicyclic) bond motifs is 1. The maximum absolute atomic E-state index is 10.4. The van der Waals surface area contributed by atoms with Gasteiger partial charge in [-0.1, -0.05) is 24.3 Å². The zero-order valence-electron chi connectivity index (χ0n) is 9.67. The van der Waals surface area contributed by atoms with E-state index < -0.39 is 0 Å². The molecule has 1 aliphatic rings. The molecule has 1 aromatic carbocycles. The highest BCUT2D eigenvalue weighted by molar-refractivity contribution is 7.07. The Labute approximate surface area is 106 Å². The molecule has 88 valence electrons. The molecule has 1 aliphatic carbocycles. The second kappa shape index (κ2) is 4.63. The monoisotopic (exact) mass is 244 g/mol. The van der Waals surface area contributed by atoms with Crippen LogP contribution in [-0.4, -0.2) is 5.11 Å². The molecule has 0 spiro atoms. The Bertz CT molecular complexity index is 489. The fourth-order valence-electron chi connectivity index (χ4n) is 2.73. The zero-order valence-corrected chi connectivity index (χ0v) is 10.5. The summed E-state index contributed by atoms with van der Waals surface area (Å²) in [6.45, 7) is 0. The van der Waals surface area contributed by atoms with E-state index in [1.54, 1.807) is 11.3 Å². The molecular weight excluding hydrogens is 228 g/mol. The van der Waals surface area contributed by atoms with Gasteiger partial charge in [0.1, 0.15) is 0 Å². The maximum Gasteiger partial charge on any atom is 0.0824 e. The van der Waals surface area contributed by atoms with Crippen LogP contribution in [0.1, 0.15) is 29.2 Å². The summed E-state index contributed by atoms with van der Waals surface area (Å²) in [5.74, 6) is 0.375. The van der Waals surface area contributed by atoms with Gasteiger partial charge in [0.25, 0.3) is 0 Å². The molecule has 0 fully saturated rings. The highest BCUT2D eigenvalue weighted by atomic mass is 32.1. The molecule has 1 heterocycles. The van der Waals surface area contributed by atoms with Crippen molar-refractivity contribution in [3.63, 3.8) is 0 Å². The highest BCUT2D eigenvalue weighted by Crippen LogP contribution is 2.36. The van der Waals surface area contributed by atoms with Gasteiger partial charge < -0.3 is 5.11 Å². The lowest BCUT2D eigenvalue weighted by molar-refractivity contribution is 0.0937. The van der Waals surface area contributed by atoms with Gasteiger partial charge in [0.15, 0.2) is 0 Å². The lowest BCUT2D eigenvalue weighted by atomic mass is 9.79.